The number of allylic oxidation sites excluding steroid dienone is 2. The molecule has 6 nitrogen and oxygen atoms in total. The highest BCUT2D eigenvalue weighted by Crippen LogP contribution is 2.19. The standard InChI is InChI=1S/C26H34O4.C5H8O2/c1-6-27-21(2)28-19-20-29-24-15-11-22(12-16-24)9-7-8-10-23-13-17-25(18-14-23)30-26(3,4)5;1-4(2)5(6)7-3/h7-18,21H,6,19-20H2,1-5H3;1H2,2-3H3. The fraction of sp³-hybridized carbons (Fsp3) is 0.387. The summed E-state index contributed by atoms with van der Waals surface area (Å²) in [6.45, 7) is 16.6. The minimum atomic E-state index is -0.347. The van der Waals surface area contributed by atoms with Gasteiger partial charge in [0.1, 0.15) is 23.7 Å². The van der Waals surface area contributed by atoms with Gasteiger partial charge in [0, 0.05) is 12.2 Å². The summed E-state index contributed by atoms with van der Waals surface area (Å²) in [4.78, 5) is 10.2. The molecule has 2 aromatic rings. The van der Waals surface area contributed by atoms with Gasteiger partial charge in [-0.25, -0.2) is 4.79 Å². The van der Waals surface area contributed by atoms with E-state index in [-0.39, 0.29) is 17.9 Å². The van der Waals surface area contributed by atoms with Crippen molar-refractivity contribution < 1.29 is 28.5 Å². The van der Waals surface area contributed by atoms with E-state index in [1.54, 1.807) is 6.92 Å². The fourth-order valence-electron chi connectivity index (χ4n) is 2.84. The first-order valence-corrected chi connectivity index (χ1v) is 12.4. The maximum Gasteiger partial charge on any atom is 0.332 e. The van der Waals surface area contributed by atoms with Crippen molar-refractivity contribution >= 4 is 18.1 Å². The first-order valence-electron chi connectivity index (χ1n) is 12.4. The van der Waals surface area contributed by atoms with E-state index < -0.39 is 0 Å². The van der Waals surface area contributed by atoms with Gasteiger partial charge in [0.15, 0.2) is 6.29 Å². The summed E-state index contributed by atoms with van der Waals surface area (Å²) >= 11 is 0. The molecule has 0 heterocycles. The second kappa shape index (κ2) is 17.2. The molecule has 2 aromatic carbocycles. The predicted molar refractivity (Wildman–Crippen MR) is 151 cm³/mol. The van der Waals surface area contributed by atoms with Crippen molar-refractivity contribution in [2.45, 2.75) is 53.4 Å². The topological polar surface area (TPSA) is 63.2 Å². The fourth-order valence-corrected chi connectivity index (χ4v) is 2.84. The Morgan fingerprint density at radius 1 is 0.892 bits per heavy atom. The van der Waals surface area contributed by atoms with Gasteiger partial charge < -0.3 is 23.7 Å². The van der Waals surface area contributed by atoms with Gasteiger partial charge in [-0.2, -0.15) is 0 Å². The average molecular weight is 511 g/mol. The number of hydrogen-bond acceptors (Lipinski definition) is 6. The maximum absolute atomic E-state index is 10.2. The molecule has 1 unspecified atom stereocenters. The van der Waals surface area contributed by atoms with E-state index in [1.165, 1.54) is 7.11 Å². The zero-order valence-corrected chi connectivity index (χ0v) is 23.3. The van der Waals surface area contributed by atoms with Gasteiger partial charge in [-0.15, -0.1) is 0 Å². The van der Waals surface area contributed by atoms with Crippen molar-refractivity contribution in [2.24, 2.45) is 0 Å². The molecule has 6 heteroatoms. The minimum absolute atomic E-state index is 0.184. The molecule has 0 radical (unpaired) electrons. The zero-order chi connectivity index (χ0) is 27.7. The molecule has 0 N–H and O–H groups in total. The number of esters is 1. The van der Waals surface area contributed by atoms with Crippen LogP contribution in [0.1, 0.15) is 52.7 Å². The van der Waals surface area contributed by atoms with Crippen molar-refractivity contribution in [2.75, 3.05) is 26.9 Å². The molecule has 0 spiro atoms. The third-order valence-corrected chi connectivity index (χ3v) is 4.51. The molecule has 0 aliphatic heterocycles. The van der Waals surface area contributed by atoms with Gasteiger partial charge in [0.05, 0.1) is 13.7 Å². The molecule has 0 aromatic heterocycles. The van der Waals surface area contributed by atoms with Crippen LogP contribution in [0.5, 0.6) is 11.5 Å². The summed E-state index contributed by atoms with van der Waals surface area (Å²) in [6, 6.07) is 16.1. The van der Waals surface area contributed by atoms with E-state index in [0.717, 1.165) is 22.6 Å². The first kappa shape index (κ1) is 31.7. The molecule has 0 saturated carbocycles. The second-order valence-electron chi connectivity index (χ2n) is 9.08. The number of benzene rings is 2. The van der Waals surface area contributed by atoms with E-state index in [4.69, 9.17) is 18.9 Å². The van der Waals surface area contributed by atoms with Crippen molar-refractivity contribution in [3.63, 3.8) is 0 Å². The van der Waals surface area contributed by atoms with Crippen molar-refractivity contribution in [1.29, 1.82) is 0 Å². The van der Waals surface area contributed by atoms with Crippen LogP contribution in [0.15, 0.2) is 72.8 Å². The Hall–Kier alpha value is -3.35. The van der Waals surface area contributed by atoms with E-state index >= 15 is 0 Å². The molecule has 0 saturated heterocycles. The Kier molecular flexibility index (Phi) is 14.7. The predicted octanol–water partition coefficient (Wildman–Crippen LogP) is 7.10. The number of ether oxygens (including phenoxy) is 5. The lowest BCUT2D eigenvalue weighted by Crippen LogP contribution is -2.22. The third kappa shape index (κ3) is 15.4. The summed E-state index contributed by atoms with van der Waals surface area (Å²) in [5.74, 6) is 1.36. The monoisotopic (exact) mass is 510 g/mol. The zero-order valence-electron chi connectivity index (χ0n) is 23.3. The Balaban J connectivity index is 0.000000856. The van der Waals surface area contributed by atoms with E-state index in [2.05, 4.69) is 35.6 Å². The van der Waals surface area contributed by atoms with Gasteiger partial charge in [0.25, 0.3) is 0 Å². The van der Waals surface area contributed by atoms with Crippen LogP contribution in [-0.4, -0.2) is 44.8 Å². The maximum atomic E-state index is 10.2. The minimum Gasteiger partial charge on any atom is -0.491 e. The molecular weight excluding hydrogens is 468 g/mol. The van der Waals surface area contributed by atoms with Crippen LogP contribution in [0.3, 0.4) is 0 Å². The Labute approximate surface area is 222 Å². The van der Waals surface area contributed by atoms with Crippen LogP contribution in [0.2, 0.25) is 0 Å². The van der Waals surface area contributed by atoms with Gasteiger partial charge in [-0.05, 0) is 76.9 Å². The van der Waals surface area contributed by atoms with Gasteiger partial charge >= 0.3 is 5.97 Å². The summed E-state index contributed by atoms with van der Waals surface area (Å²) in [5.41, 5.74) is 2.49. The van der Waals surface area contributed by atoms with Crippen molar-refractivity contribution in [3.8, 4) is 11.5 Å². The van der Waals surface area contributed by atoms with Crippen LogP contribution < -0.4 is 9.47 Å². The van der Waals surface area contributed by atoms with Gasteiger partial charge in [-0.1, -0.05) is 55.1 Å². The highest BCUT2D eigenvalue weighted by Gasteiger charge is 2.10. The molecule has 0 amide bonds. The molecule has 2 rings (SSSR count). The summed E-state index contributed by atoms with van der Waals surface area (Å²) < 4.78 is 26.6. The Morgan fingerprint density at radius 3 is 1.81 bits per heavy atom. The number of rotatable bonds is 12. The number of methoxy groups -OCH3 is 1. The molecule has 0 aliphatic rings. The molecule has 1 atom stereocenters. The molecule has 0 fully saturated rings. The van der Waals surface area contributed by atoms with E-state index in [9.17, 15) is 4.79 Å². The molecule has 0 aliphatic carbocycles. The molecule has 37 heavy (non-hydrogen) atoms. The third-order valence-electron chi connectivity index (χ3n) is 4.51. The lowest BCUT2D eigenvalue weighted by Gasteiger charge is -2.21. The number of hydrogen-bond donors (Lipinski definition) is 0. The van der Waals surface area contributed by atoms with Crippen LogP contribution >= 0.6 is 0 Å². The largest absolute Gasteiger partial charge is 0.491 e. The van der Waals surface area contributed by atoms with Crippen LogP contribution in [0.25, 0.3) is 12.2 Å². The van der Waals surface area contributed by atoms with Gasteiger partial charge in [0.2, 0.25) is 0 Å². The molecule has 202 valence electrons. The average Bonchev–Trinajstić information content (AvgIpc) is 2.85. The highest BCUT2D eigenvalue weighted by atomic mass is 16.7. The smallest absolute Gasteiger partial charge is 0.332 e. The van der Waals surface area contributed by atoms with E-state index in [1.807, 2.05) is 83.2 Å². The SMILES string of the molecule is C=C(C)C(=O)OC.CCOC(C)OCCOc1ccc(C=CC=Cc2ccc(OC(C)(C)C)cc2)cc1. The van der Waals surface area contributed by atoms with Crippen LogP contribution in [-0.2, 0) is 19.0 Å². The summed E-state index contributed by atoms with van der Waals surface area (Å²) in [6.07, 6.45) is 7.98. The second-order valence-corrected chi connectivity index (χ2v) is 9.08. The first-order chi connectivity index (χ1) is 17.5. The number of carbonyl (C=O) groups excluding carboxylic acids is 1. The number of carbonyl (C=O) groups is 1. The molecule has 0 bridgehead atoms. The normalized spacial score (nSPS) is 12.1. The lowest BCUT2D eigenvalue weighted by atomic mass is 10.1. The lowest BCUT2D eigenvalue weighted by molar-refractivity contribution is -0.136. The quantitative estimate of drug-likeness (QED) is 0.0997. The highest BCUT2D eigenvalue weighted by molar-refractivity contribution is 5.86. The van der Waals surface area contributed by atoms with Crippen LogP contribution in [0, 0.1) is 0 Å². The van der Waals surface area contributed by atoms with Crippen molar-refractivity contribution in [1.82, 2.24) is 0 Å². The Bertz CT molecular complexity index is 982. The summed E-state index contributed by atoms with van der Waals surface area (Å²) in [7, 11) is 1.33. The summed E-state index contributed by atoms with van der Waals surface area (Å²) in [5, 5.41) is 0. The molecular formula is C31H42O6. The van der Waals surface area contributed by atoms with Crippen LogP contribution in [0.4, 0.5) is 0 Å². The Morgan fingerprint density at radius 2 is 1.41 bits per heavy atom. The van der Waals surface area contributed by atoms with Crippen molar-refractivity contribution in [3.05, 3.63) is 84.0 Å². The van der Waals surface area contributed by atoms with Gasteiger partial charge in [-0.3, -0.25) is 0 Å². The van der Waals surface area contributed by atoms with E-state index in [0.29, 0.717) is 25.4 Å².